The predicted molar refractivity (Wildman–Crippen MR) is 110 cm³/mol. The van der Waals surface area contributed by atoms with Crippen molar-refractivity contribution in [3.05, 3.63) is 53.8 Å². The summed E-state index contributed by atoms with van der Waals surface area (Å²) in [5, 5.41) is 15.2. The van der Waals surface area contributed by atoms with E-state index in [1.165, 1.54) is 6.33 Å². The molecule has 1 heterocycles. The van der Waals surface area contributed by atoms with Crippen LogP contribution in [-0.2, 0) is 0 Å². The van der Waals surface area contributed by atoms with E-state index in [0.29, 0.717) is 10.8 Å². The van der Waals surface area contributed by atoms with Crippen LogP contribution in [0.25, 0.3) is 10.9 Å². The minimum absolute atomic E-state index is 0.661. The maximum atomic E-state index is 6.06. The molecule has 0 atom stereocenters. The van der Waals surface area contributed by atoms with Gasteiger partial charge in [0, 0.05) is 29.7 Å². The number of nitrogens with zero attached hydrogens (tertiary/aromatic N) is 6. The summed E-state index contributed by atoms with van der Waals surface area (Å²) in [6, 6.07) is 13.2. The van der Waals surface area contributed by atoms with Crippen molar-refractivity contribution < 1.29 is 0 Å². The van der Waals surface area contributed by atoms with E-state index in [-0.39, 0.29) is 0 Å². The average Bonchev–Trinajstić information content (AvgIpc) is 2.65. The van der Waals surface area contributed by atoms with Crippen LogP contribution in [0.15, 0.2) is 59.1 Å². The van der Waals surface area contributed by atoms with E-state index in [0.717, 1.165) is 35.4 Å². The first-order chi connectivity index (χ1) is 13.0. The monoisotopic (exact) mass is 383 g/mol. The number of hydrogen-bond acceptors (Lipinski definition) is 6. The highest BCUT2D eigenvalue weighted by atomic mass is 35.5. The van der Waals surface area contributed by atoms with Crippen molar-refractivity contribution in [3.8, 4) is 0 Å². The van der Waals surface area contributed by atoms with Crippen LogP contribution in [0, 0.1) is 0 Å². The Balaban J connectivity index is 1.83. The number of hydrogen-bond donors (Lipinski definition) is 1. The number of aromatic nitrogens is 2. The molecular formula is C19H22ClN7. The number of fused-ring (bicyclic) bond motifs is 1. The molecule has 1 aromatic heterocycles. The fraction of sp³-hybridized carbons (Fsp3) is 0.263. The van der Waals surface area contributed by atoms with Gasteiger partial charge in [-0.25, -0.2) is 9.97 Å². The van der Waals surface area contributed by atoms with Crippen LogP contribution in [0.1, 0.15) is 0 Å². The van der Waals surface area contributed by atoms with Crippen LogP contribution in [-0.4, -0.2) is 54.1 Å². The highest BCUT2D eigenvalue weighted by Gasteiger charge is 2.06. The van der Waals surface area contributed by atoms with Gasteiger partial charge in [0.2, 0.25) is 0 Å². The number of likely N-dealkylation sites (N-methyl/N-ethyl adjacent to an activating group) is 2. The Labute approximate surface area is 163 Å². The summed E-state index contributed by atoms with van der Waals surface area (Å²) in [7, 11) is 5.97. The van der Waals surface area contributed by atoms with Crippen LogP contribution in [0.3, 0.4) is 0 Å². The molecular weight excluding hydrogens is 362 g/mol. The molecule has 1 N–H and O–H groups in total. The minimum Gasteiger partial charge on any atom is -0.340 e. The van der Waals surface area contributed by atoms with E-state index >= 15 is 0 Å². The van der Waals surface area contributed by atoms with Gasteiger partial charge in [0.1, 0.15) is 12.1 Å². The van der Waals surface area contributed by atoms with Gasteiger partial charge in [-0.05, 0) is 50.5 Å². The van der Waals surface area contributed by atoms with Crippen LogP contribution >= 0.6 is 11.6 Å². The average molecular weight is 384 g/mol. The number of rotatable bonds is 7. The molecule has 0 fully saturated rings. The largest absolute Gasteiger partial charge is 0.340 e. The molecule has 0 aliphatic carbocycles. The third-order valence-corrected chi connectivity index (χ3v) is 4.13. The Morgan fingerprint density at radius 1 is 1.04 bits per heavy atom. The zero-order chi connectivity index (χ0) is 19.2. The molecule has 7 nitrogen and oxygen atoms in total. The Hall–Kier alpha value is -2.77. The summed E-state index contributed by atoms with van der Waals surface area (Å²) in [5.41, 5.74) is 2.43. The smallest absolute Gasteiger partial charge is 0.141 e. The minimum atomic E-state index is 0.661. The van der Waals surface area contributed by atoms with E-state index in [2.05, 4.69) is 30.5 Å². The molecule has 0 aliphatic rings. The Morgan fingerprint density at radius 2 is 1.89 bits per heavy atom. The van der Waals surface area contributed by atoms with E-state index in [4.69, 9.17) is 11.6 Å². The first-order valence-electron chi connectivity index (χ1n) is 8.56. The summed E-state index contributed by atoms with van der Waals surface area (Å²) in [5.74, 6) is 0.695. The number of halogens is 1. The molecule has 0 radical (unpaired) electrons. The van der Waals surface area contributed by atoms with Gasteiger partial charge in [0.15, 0.2) is 0 Å². The predicted octanol–water partition coefficient (Wildman–Crippen LogP) is 4.52. The van der Waals surface area contributed by atoms with E-state index in [1.807, 2.05) is 68.6 Å². The van der Waals surface area contributed by atoms with Gasteiger partial charge in [-0.3, -0.25) is 5.01 Å². The lowest BCUT2D eigenvalue weighted by Gasteiger charge is -2.14. The summed E-state index contributed by atoms with van der Waals surface area (Å²) in [6.45, 7) is 1.71. The molecule has 0 saturated carbocycles. The molecule has 27 heavy (non-hydrogen) atoms. The van der Waals surface area contributed by atoms with Crippen molar-refractivity contribution in [1.29, 1.82) is 0 Å². The first-order valence-corrected chi connectivity index (χ1v) is 8.94. The highest BCUT2D eigenvalue weighted by Crippen LogP contribution is 2.27. The van der Waals surface area contributed by atoms with Crippen LogP contribution in [0.4, 0.5) is 17.2 Å². The van der Waals surface area contributed by atoms with Crippen molar-refractivity contribution in [2.45, 2.75) is 0 Å². The molecule has 0 aliphatic heterocycles. The lowest BCUT2D eigenvalue weighted by Crippen LogP contribution is -2.24. The molecule has 0 unspecified atom stereocenters. The molecule has 0 amide bonds. The molecule has 8 heteroatoms. The van der Waals surface area contributed by atoms with Gasteiger partial charge >= 0.3 is 0 Å². The molecule has 0 bridgehead atoms. The fourth-order valence-corrected chi connectivity index (χ4v) is 2.62. The van der Waals surface area contributed by atoms with Gasteiger partial charge in [-0.1, -0.05) is 22.9 Å². The van der Waals surface area contributed by atoms with Gasteiger partial charge in [-0.15, -0.1) is 5.11 Å². The number of nitrogens with one attached hydrogen (secondary N) is 1. The highest BCUT2D eigenvalue weighted by molar-refractivity contribution is 6.30. The second-order valence-electron chi connectivity index (χ2n) is 6.43. The second kappa shape index (κ2) is 8.75. The fourth-order valence-electron chi connectivity index (χ4n) is 2.43. The zero-order valence-corrected chi connectivity index (χ0v) is 16.4. The van der Waals surface area contributed by atoms with E-state index in [9.17, 15) is 0 Å². The zero-order valence-electron chi connectivity index (χ0n) is 15.6. The van der Waals surface area contributed by atoms with Gasteiger partial charge in [0.25, 0.3) is 0 Å². The molecule has 3 aromatic rings. The first kappa shape index (κ1) is 19.0. The summed E-state index contributed by atoms with van der Waals surface area (Å²) < 4.78 is 0. The third-order valence-electron chi connectivity index (χ3n) is 3.89. The lowest BCUT2D eigenvalue weighted by atomic mass is 10.2. The quantitative estimate of drug-likeness (QED) is 0.480. The standard InChI is InChI=1S/C19H22ClN7/c1-26(2)9-10-27(3)25-24-16-7-8-18-17(12-16)19(22-13-21-18)23-15-6-4-5-14(20)11-15/h4-8,11-13H,9-10H2,1-3H3,(H,21,22,23). The Morgan fingerprint density at radius 3 is 2.67 bits per heavy atom. The van der Waals surface area contributed by atoms with Crippen molar-refractivity contribution in [1.82, 2.24) is 19.9 Å². The second-order valence-corrected chi connectivity index (χ2v) is 6.87. The molecule has 140 valence electrons. The van der Waals surface area contributed by atoms with Crippen molar-refractivity contribution >= 4 is 39.7 Å². The third kappa shape index (κ3) is 5.35. The molecule has 0 saturated heterocycles. The number of benzene rings is 2. The van der Waals surface area contributed by atoms with Crippen molar-refractivity contribution in [2.75, 3.05) is 39.5 Å². The van der Waals surface area contributed by atoms with Gasteiger partial charge < -0.3 is 10.2 Å². The lowest BCUT2D eigenvalue weighted by molar-refractivity contribution is 0.279. The topological polar surface area (TPSA) is 69.0 Å². The maximum absolute atomic E-state index is 6.06. The Kier molecular flexibility index (Phi) is 6.16. The number of anilines is 2. The molecule has 0 spiro atoms. The Bertz CT molecular complexity index is 942. The van der Waals surface area contributed by atoms with Crippen molar-refractivity contribution in [2.24, 2.45) is 10.3 Å². The van der Waals surface area contributed by atoms with Gasteiger partial charge in [0.05, 0.1) is 17.7 Å². The van der Waals surface area contributed by atoms with E-state index < -0.39 is 0 Å². The SMILES string of the molecule is CN(C)CCN(C)N=Nc1ccc2ncnc(Nc3cccc(Cl)c3)c2c1. The van der Waals surface area contributed by atoms with Crippen molar-refractivity contribution in [3.63, 3.8) is 0 Å². The van der Waals surface area contributed by atoms with Crippen LogP contribution in [0.2, 0.25) is 5.02 Å². The molecule has 2 aromatic carbocycles. The van der Waals surface area contributed by atoms with Crippen LogP contribution < -0.4 is 5.32 Å². The van der Waals surface area contributed by atoms with Gasteiger partial charge in [-0.2, -0.15) is 0 Å². The van der Waals surface area contributed by atoms with E-state index in [1.54, 1.807) is 0 Å². The van der Waals surface area contributed by atoms with Crippen LogP contribution in [0.5, 0.6) is 0 Å². The maximum Gasteiger partial charge on any atom is 0.141 e. The molecule has 3 rings (SSSR count). The normalized spacial score (nSPS) is 11.4. The summed E-state index contributed by atoms with van der Waals surface area (Å²) >= 11 is 6.06. The summed E-state index contributed by atoms with van der Waals surface area (Å²) in [4.78, 5) is 10.8. The summed E-state index contributed by atoms with van der Waals surface area (Å²) in [6.07, 6.45) is 1.53.